The molecule has 0 saturated carbocycles. The molecule has 3 aromatic rings. The molecule has 116 valence electrons. The minimum absolute atomic E-state index is 0.156. The van der Waals surface area contributed by atoms with Crippen molar-refractivity contribution in [2.45, 2.75) is 20.5 Å². The van der Waals surface area contributed by atoms with Crippen molar-refractivity contribution < 1.29 is 14.1 Å². The van der Waals surface area contributed by atoms with Gasteiger partial charge < -0.3 is 9.26 Å². The number of benzene rings is 2. The van der Waals surface area contributed by atoms with Crippen molar-refractivity contribution in [1.29, 1.82) is 0 Å². The molecule has 1 aromatic heterocycles. The molecule has 23 heavy (non-hydrogen) atoms. The molecule has 0 bridgehead atoms. The molecule has 2 aromatic carbocycles. The molecule has 0 radical (unpaired) electrons. The van der Waals surface area contributed by atoms with Crippen molar-refractivity contribution in [1.82, 2.24) is 5.16 Å². The van der Waals surface area contributed by atoms with E-state index in [2.05, 4.69) is 5.16 Å². The van der Waals surface area contributed by atoms with Gasteiger partial charge in [-0.05, 0) is 31.0 Å². The number of hydrogen-bond donors (Lipinski definition) is 0. The summed E-state index contributed by atoms with van der Waals surface area (Å²) in [4.78, 5) is 12.5. The van der Waals surface area contributed by atoms with E-state index in [0.717, 1.165) is 22.4 Å². The molecule has 0 atom stereocenters. The van der Waals surface area contributed by atoms with Gasteiger partial charge in [-0.25, -0.2) is 4.79 Å². The standard InChI is InChI=1S/C19H17NO3/c1-13-18(14(2)23-20-13)12-22-19(21)17-11-7-6-10-16(17)15-8-4-3-5-9-15/h3-11H,12H2,1-2H3. The van der Waals surface area contributed by atoms with Gasteiger partial charge in [0.1, 0.15) is 12.4 Å². The van der Waals surface area contributed by atoms with Crippen LogP contribution in [0, 0.1) is 13.8 Å². The van der Waals surface area contributed by atoms with Crippen LogP contribution in [0.25, 0.3) is 11.1 Å². The molecule has 1 heterocycles. The highest BCUT2D eigenvalue weighted by Crippen LogP contribution is 2.24. The van der Waals surface area contributed by atoms with E-state index in [0.29, 0.717) is 11.3 Å². The first-order valence-electron chi connectivity index (χ1n) is 7.40. The van der Waals surface area contributed by atoms with Crippen molar-refractivity contribution in [2.24, 2.45) is 0 Å². The van der Waals surface area contributed by atoms with Crippen LogP contribution in [0.3, 0.4) is 0 Å². The van der Waals surface area contributed by atoms with Crippen LogP contribution >= 0.6 is 0 Å². The lowest BCUT2D eigenvalue weighted by Crippen LogP contribution is -2.07. The molecule has 4 heteroatoms. The molecule has 3 rings (SSSR count). The lowest BCUT2D eigenvalue weighted by molar-refractivity contribution is 0.0472. The Morgan fingerprint density at radius 3 is 2.43 bits per heavy atom. The Morgan fingerprint density at radius 1 is 1.04 bits per heavy atom. The Bertz CT molecular complexity index is 802. The molecule has 0 aliphatic carbocycles. The minimum atomic E-state index is -0.357. The Balaban J connectivity index is 1.83. The van der Waals surface area contributed by atoms with Gasteiger partial charge in [-0.3, -0.25) is 0 Å². The number of carbonyl (C=O) groups is 1. The molecule has 0 saturated heterocycles. The molecule has 0 N–H and O–H groups in total. The van der Waals surface area contributed by atoms with Gasteiger partial charge in [-0.1, -0.05) is 53.7 Å². The predicted molar refractivity (Wildman–Crippen MR) is 87.0 cm³/mol. The topological polar surface area (TPSA) is 52.3 Å². The molecule has 0 fully saturated rings. The second kappa shape index (κ2) is 6.48. The van der Waals surface area contributed by atoms with Crippen LogP contribution in [-0.4, -0.2) is 11.1 Å². The summed E-state index contributed by atoms with van der Waals surface area (Å²) < 4.78 is 10.5. The summed E-state index contributed by atoms with van der Waals surface area (Å²) in [5.41, 5.74) is 3.95. The van der Waals surface area contributed by atoms with Crippen LogP contribution < -0.4 is 0 Å². The first kappa shape index (κ1) is 15.0. The summed E-state index contributed by atoms with van der Waals surface area (Å²) in [5, 5.41) is 3.87. The SMILES string of the molecule is Cc1noc(C)c1COC(=O)c1ccccc1-c1ccccc1. The molecular formula is C19H17NO3. The Hall–Kier alpha value is -2.88. The summed E-state index contributed by atoms with van der Waals surface area (Å²) in [7, 11) is 0. The number of esters is 1. The Morgan fingerprint density at radius 2 is 1.74 bits per heavy atom. The van der Waals surface area contributed by atoms with E-state index in [-0.39, 0.29) is 12.6 Å². The second-order valence-electron chi connectivity index (χ2n) is 5.29. The van der Waals surface area contributed by atoms with Gasteiger partial charge in [0.05, 0.1) is 16.8 Å². The maximum absolute atomic E-state index is 12.5. The number of carbonyl (C=O) groups excluding carboxylic acids is 1. The van der Waals surface area contributed by atoms with Crippen molar-refractivity contribution in [2.75, 3.05) is 0 Å². The van der Waals surface area contributed by atoms with Crippen LogP contribution in [-0.2, 0) is 11.3 Å². The fraction of sp³-hybridized carbons (Fsp3) is 0.158. The first-order valence-corrected chi connectivity index (χ1v) is 7.40. The fourth-order valence-electron chi connectivity index (χ4n) is 2.45. The van der Waals surface area contributed by atoms with Gasteiger partial charge >= 0.3 is 5.97 Å². The fourth-order valence-corrected chi connectivity index (χ4v) is 2.45. The van der Waals surface area contributed by atoms with Gasteiger partial charge in [0, 0.05) is 0 Å². The lowest BCUT2D eigenvalue weighted by Gasteiger charge is -2.09. The maximum atomic E-state index is 12.5. The van der Waals surface area contributed by atoms with Crippen molar-refractivity contribution in [3.63, 3.8) is 0 Å². The third-order valence-electron chi connectivity index (χ3n) is 3.76. The zero-order valence-corrected chi connectivity index (χ0v) is 13.1. The van der Waals surface area contributed by atoms with E-state index in [9.17, 15) is 4.79 Å². The number of rotatable bonds is 4. The van der Waals surface area contributed by atoms with Crippen LogP contribution in [0.2, 0.25) is 0 Å². The molecule has 0 amide bonds. The lowest BCUT2D eigenvalue weighted by atomic mass is 10.00. The predicted octanol–water partition coefficient (Wildman–Crippen LogP) is 4.32. The summed E-state index contributed by atoms with van der Waals surface area (Å²) in [6.07, 6.45) is 0. The van der Waals surface area contributed by atoms with Crippen LogP contribution in [0.15, 0.2) is 59.1 Å². The highest BCUT2D eigenvalue weighted by Gasteiger charge is 2.16. The maximum Gasteiger partial charge on any atom is 0.339 e. The molecule has 0 unspecified atom stereocenters. The summed E-state index contributed by atoms with van der Waals surface area (Å²) in [5.74, 6) is 0.316. The average Bonchev–Trinajstić information content (AvgIpc) is 2.92. The van der Waals surface area contributed by atoms with Gasteiger partial charge in [0.2, 0.25) is 0 Å². The number of nitrogens with zero attached hydrogens (tertiary/aromatic N) is 1. The second-order valence-corrected chi connectivity index (χ2v) is 5.29. The number of aromatic nitrogens is 1. The molecule has 0 aliphatic heterocycles. The number of aryl methyl sites for hydroxylation is 2. The summed E-state index contributed by atoms with van der Waals surface area (Å²) >= 11 is 0. The molecule has 4 nitrogen and oxygen atoms in total. The number of hydrogen-bond acceptors (Lipinski definition) is 4. The Labute approximate surface area is 134 Å². The van der Waals surface area contributed by atoms with Crippen molar-refractivity contribution in [3.05, 3.63) is 77.2 Å². The van der Waals surface area contributed by atoms with Gasteiger partial charge in [-0.15, -0.1) is 0 Å². The minimum Gasteiger partial charge on any atom is -0.457 e. The quantitative estimate of drug-likeness (QED) is 0.674. The highest BCUT2D eigenvalue weighted by atomic mass is 16.5. The van der Waals surface area contributed by atoms with Gasteiger partial charge in [0.25, 0.3) is 0 Å². The molecular weight excluding hydrogens is 290 g/mol. The van der Waals surface area contributed by atoms with E-state index >= 15 is 0 Å². The van der Waals surface area contributed by atoms with E-state index in [4.69, 9.17) is 9.26 Å². The van der Waals surface area contributed by atoms with Gasteiger partial charge in [-0.2, -0.15) is 0 Å². The van der Waals surface area contributed by atoms with E-state index in [1.165, 1.54) is 0 Å². The average molecular weight is 307 g/mol. The third kappa shape index (κ3) is 3.16. The highest BCUT2D eigenvalue weighted by molar-refractivity contribution is 5.97. The van der Waals surface area contributed by atoms with Crippen LogP contribution in [0.1, 0.15) is 27.4 Å². The third-order valence-corrected chi connectivity index (χ3v) is 3.76. The smallest absolute Gasteiger partial charge is 0.339 e. The summed E-state index contributed by atoms with van der Waals surface area (Å²) in [6, 6.07) is 17.2. The van der Waals surface area contributed by atoms with Crippen LogP contribution in [0.4, 0.5) is 0 Å². The normalized spacial score (nSPS) is 10.5. The van der Waals surface area contributed by atoms with Crippen molar-refractivity contribution >= 4 is 5.97 Å². The van der Waals surface area contributed by atoms with E-state index in [1.54, 1.807) is 13.0 Å². The summed E-state index contributed by atoms with van der Waals surface area (Å²) in [6.45, 7) is 3.79. The van der Waals surface area contributed by atoms with E-state index < -0.39 is 0 Å². The zero-order valence-electron chi connectivity index (χ0n) is 13.1. The Kier molecular flexibility index (Phi) is 4.24. The number of ether oxygens (including phenoxy) is 1. The monoisotopic (exact) mass is 307 g/mol. The largest absolute Gasteiger partial charge is 0.457 e. The zero-order chi connectivity index (χ0) is 16.2. The van der Waals surface area contributed by atoms with Crippen LogP contribution in [0.5, 0.6) is 0 Å². The van der Waals surface area contributed by atoms with Crippen molar-refractivity contribution in [3.8, 4) is 11.1 Å². The first-order chi connectivity index (χ1) is 11.2. The van der Waals surface area contributed by atoms with Gasteiger partial charge in [0.15, 0.2) is 0 Å². The molecule has 0 spiro atoms. The van der Waals surface area contributed by atoms with E-state index in [1.807, 2.05) is 55.5 Å². The molecule has 0 aliphatic rings.